The summed E-state index contributed by atoms with van der Waals surface area (Å²) in [5, 5.41) is 6.52. The molecule has 0 aliphatic carbocycles. The number of hydrogen-bond acceptors (Lipinski definition) is 3. The monoisotopic (exact) mass is 191 g/mol. The molecule has 0 atom stereocenters. The summed E-state index contributed by atoms with van der Waals surface area (Å²) in [5.74, 6) is 0. The van der Waals surface area contributed by atoms with Crippen LogP contribution in [0.2, 0.25) is 0 Å². The zero-order valence-electron chi connectivity index (χ0n) is 7.76. The Hall–Kier alpha value is -0.370. The third-order valence-electron chi connectivity index (χ3n) is 1.42. The number of rotatable bonds is 5. The highest BCUT2D eigenvalue weighted by molar-refractivity contribution is 5.85. The standard InChI is InChI=1S/C8H17N3.ClH/c1-8(2,10)5-3-4-6-11-7-9;/h9H,3-6,10H2,1-2H3;1H. The van der Waals surface area contributed by atoms with Crippen LogP contribution in [-0.2, 0) is 0 Å². The van der Waals surface area contributed by atoms with Gasteiger partial charge in [0.2, 0.25) is 0 Å². The van der Waals surface area contributed by atoms with Gasteiger partial charge < -0.3 is 5.73 Å². The highest BCUT2D eigenvalue weighted by atomic mass is 35.5. The molecule has 0 saturated carbocycles. The van der Waals surface area contributed by atoms with Crippen molar-refractivity contribution in [3.05, 3.63) is 0 Å². The molecule has 0 unspecified atom stereocenters. The van der Waals surface area contributed by atoms with Gasteiger partial charge in [-0.25, -0.2) is 10.4 Å². The maximum Gasteiger partial charge on any atom is 0.0861 e. The third-order valence-corrected chi connectivity index (χ3v) is 1.42. The second-order valence-corrected chi connectivity index (χ2v) is 3.44. The van der Waals surface area contributed by atoms with Gasteiger partial charge in [-0.3, -0.25) is 0 Å². The molecule has 0 radical (unpaired) electrons. The first-order valence-electron chi connectivity index (χ1n) is 3.93. The number of hydrogen-bond donors (Lipinski definition) is 2. The van der Waals surface area contributed by atoms with Crippen LogP contribution >= 0.6 is 12.4 Å². The largest absolute Gasteiger partial charge is 0.326 e. The molecule has 72 valence electrons. The summed E-state index contributed by atoms with van der Waals surface area (Å²) in [6.07, 6.45) is 3.10. The topological polar surface area (TPSA) is 62.2 Å². The average Bonchev–Trinajstić information content (AvgIpc) is 1.85. The van der Waals surface area contributed by atoms with Crippen LogP contribution in [0.4, 0.5) is 0 Å². The number of nitrogens with two attached hydrogens (primary N) is 1. The van der Waals surface area contributed by atoms with E-state index in [1.54, 1.807) is 0 Å². The Morgan fingerprint density at radius 3 is 2.42 bits per heavy atom. The van der Waals surface area contributed by atoms with Crippen LogP contribution in [0.15, 0.2) is 4.99 Å². The van der Waals surface area contributed by atoms with E-state index in [4.69, 9.17) is 11.1 Å². The Morgan fingerprint density at radius 2 is 2.00 bits per heavy atom. The van der Waals surface area contributed by atoms with Crippen LogP contribution in [0.1, 0.15) is 33.1 Å². The van der Waals surface area contributed by atoms with Crippen LogP contribution in [0, 0.1) is 5.41 Å². The second-order valence-electron chi connectivity index (χ2n) is 3.44. The Kier molecular flexibility index (Phi) is 8.61. The summed E-state index contributed by atoms with van der Waals surface area (Å²) in [6, 6.07) is 2.01. The molecule has 3 N–H and O–H groups in total. The van der Waals surface area contributed by atoms with Crippen molar-refractivity contribution in [3.63, 3.8) is 0 Å². The molecule has 0 aromatic rings. The molecule has 0 amide bonds. The van der Waals surface area contributed by atoms with E-state index in [1.807, 2.05) is 19.9 Å². The van der Waals surface area contributed by atoms with Gasteiger partial charge in [-0.1, -0.05) is 0 Å². The van der Waals surface area contributed by atoms with E-state index in [0.29, 0.717) is 6.54 Å². The van der Waals surface area contributed by atoms with Crippen molar-refractivity contribution >= 4 is 18.4 Å². The lowest BCUT2D eigenvalue weighted by Crippen LogP contribution is -2.31. The molecule has 0 rings (SSSR count). The fourth-order valence-electron chi connectivity index (χ4n) is 0.827. The van der Waals surface area contributed by atoms with Gasteiger partial charge in [-0.05, 0) is 33.1 Å². The van der Waals surface area contributed by atoms with Gasteiger partial charge in [0.15, 0.2) is 0 Å². The number of unbranched alkanes of at least 4 members (excludes halogenated alkanes) is 1. The van der Waals surface area contributed by atoms with Crippen molar-refractivity contribution in [1.29, 1.82) is 5.41 Å². The highest BCUT2D eigenvalue weighted by Crippen LogP contribution is 2.08. The van der Waals surface area contributed by atoms with Crippen molar-refractivity contribution in [2.45, 2.75) is 38.6 Å². The Balaban J connectivity index is 0. The lowest BCUT2D eigenvalue weighted by atomic mass is 9.99. The number of nitrogens with zero attached hydrogens (tertiary/aromatic N) is 1. The Morgan fingerprint density at radius 1 is 1.42 bits per heavy atom. The lowest BCUT2D eigenvalue weighted by molar-refractivity contribution is 0.452. The molecule has 12 heavy (non-hydrogen) atoms. The molecule has 0 bridgehead atoms. The van der Waals surface area contributed by atoms with Crippen molar-refractivity contribution in [1.82, 2.24) is 0 Å². The minimum absolute atomic E-state index is 0. The maximum absolute atomic E-state index is 6.52. The predicted octanol–water partition coefficient (Wildman–Crippen LogP) is 2.07. The van der Waals surface area contributed by atoms with E-state index in [9.17, 15) is 0 Å². The first kappa shape index (κ1) is 14.2. The van der Waals surface area contributed by atoms with E-state index >= 15 is 0 Å². The summed E-state index contributed by atoms with van der Waals surface area (Å²) in [5.41, 5.74) is 5.71. The molecule has 0 aromatic heterocycles. The normalized spacial score (nSPS) is 9.92. The van der Waals surface area contributed by atoms with Gasteiger partial charge in [0.05, 0.1) is 6.01 Å². The molecule has 0 aromatic carbocycles. The second kappa shape index (κ2) is 7.29. The lowest BCUT2D eigenvalue weighted by Gasteiger charge is -2.17. The van der Waals surface area contributed by atoms with Crippen molar-refractivity contribution in [3.8, 4) is 0 Å². The summed E-state index contributed by atoms with van der Waals surface area (Å²) >= 11 is 0. The first-order valence-corrected chi connectivity index (χ1v) is 3.93. The van der Waals surface area contributed by atoms with Gasteiger partial charge in [0, 0.05) is 12.1 Å². The summed E-state index contributed by atoms with van der Waals surface area (Å²) in [6.45, 7) is 4.75. The average molecular weight is 192 g/mol. The van der Waals surface area contributed by atoms with Crippen molar-refractivity contribution < 1.29 is 0 Å². The predicted molar refractivity (Wildman–Crippen MR) is 54.4 cm³/mol. The number of aliphatic imine (C=N–C) groups is 1. The van der Waals surface area contributed by atoms with Gasteiger partial charge in [-0.2, -0.15) is 0 Å². The SMILES string of the molecule is CC(C)(N)CCCCN=C=N.Cl. The number of halogens is 1. The molecule has 0 aliphatic heterocycles. The quantitative estimate of drug-likeness (QED) is 0.507. The maximum atomic E-state index is 6.52. The molecular weight excluding hydrogens is 174 g/mol. The van der Waals surface area contributed by atoms with E-state index in [0.717, 1.165) is 19.3 Å². The zero-order chi connectivity index (χ0) is 8.74. The molecule has 4 heteroatoms. The molecule has 0 spiro atoms. The van der Waals surface area contributed by atoms with Gasteiger partial charge >= 0.3 is 0 Å². The van der Waals surface area contributed by atoms with Crippen molar-refractivity contribution in [2.75, 3.05) is 6.54 Å². The molecule has 0 heterocycles. The molecule has 0 fully saturated rings. The smallest absolute Gasteiger partial charge is 0.0861 e. The molecule has 3 nitrogen and oxygen atoms in total. The van der Waals surface area contributed by atoms with Gasteiger partial charge in [0.25, 0.3) is 0 Å². The van der Waals surface area contributed by atoms with E-state index in [-0.39, 0.29) is 17.9 Å². The van der Waals surface area contributed by atoms with Crippen LogP contribution in [0.3, 0.4) is 0 Å². The minimum atomic E-state index is -0.0611. The van der Waals surface area contributed by atoms with Crippen LogP contribution in [0.5, 0.6) is 0 Å². The fourth-order valence-corrected chi connectivity index (χ4v) is 0.827. The van der Waals surface area contributed by atoms with E-state index in [2.05, 4.69) is 4.99 Å². The third kappa shape index (κ3) is 12.3. The molecule has 0 saturated heterocycles. The molecular formula is C8H18ClN3. The van der Waals surface area contributed by atoms with Crippen LogP contribution < -0.4 is 5.73 Å². The summed E-state index contributed by atoms with van der Waals surface area (Å²) in [7, 11) is 0. The van der Waals surface area contributed by atoms with Crippen LogP contribution in [-0.4, -0.2) is 18.1 Å². The Labute approximate surface area is 80.4 Å². The molecule has 0 aliphatic rings. The van der Waals surface area contributed by atoms with Gasteiger partial charge in [0.1, 0.15) is 0 Å². The minimum Gasteiger partial charge on any atom is -0.326 e. The first-order chi connectivity index (χ1) is 5.06. The summed E-state index contributed by atoms with van der Waals surface area (Å²) in [4.78, 5) is 3.67. The number of nitrogens with one attached hydrogen (secondary N) is 1. The van der Waals surface area contributed by atoms with Crippen LogP contribution in [0.25, 0.3) is 0 Å². The fraction of sp³-hybridized carbons (Fsp3) is 0.875. The van der Waals surface area contributed by atoms with E-state index < -0.39 is 0 Å². The van der Waals surface area contributed by atoms with Crippen molar-refractivity contribution in [2.24, 2.45) is 10.7 Å². The van der Waals surface area contributed by atoms with E-state index in [1.165, 1.54) is 0 Å². The summed E-state index contributed by atoms with van der Waals surface area (Å²) < 4.78 is 0. The zero-order valence-corrected chi connectivity index (χ0v) is 8.58. The van der Waals surface area contributed by atoms with Gasteiger partial charge in [-0.15, -0.1) is 12.4 Å². The Bertz CT molecular complexity index is 145. The highest BCUT2D eigenvalue weighted by Gasteiger charge is 2.08.